The van der Waals surface area contributed by atoms with Crippen molar-refractivity contribution in [3.8, 4) is 11.1 Å². The number of hydrogen-bond acceptors (Lipinski definition) is 4. The van der Waals surface area contributed by atoms with Crippen LogP contribution in [-0.4, -0.2) is 25.9 Å². The van der Waals surface area contributed by atoms with Crippen molar-refractivity contribution < 1.29 is 25.9 Å². The molecule has 0 radical (unpaired) electrons. The lowest BCUT2D eigenvalue weighted by atomic mass is 10.0. The number of benzene rings is 2. The van der Waals surface area contributed by atoms with E-state index in [4.69, 9.17) is 0 Å². The maximum atomic E-state index is 11.7. The molecule has 0 spiro atoms. The first kappa shape index (κ1) is 20.0. The van der Waals surface area contributed by atoms with Gasteiger partial charge in [0.2, 0.25) is 0 Å². The number of aryl methyl sites for hydroxylation is 2. The minimum Gasteiger partial charge on any atom is -0.282 e. The minimum absolute atomic E-state index is 0.0162. The van der Waals surface area contributed by atoms with Gasteiger partial charge in [-0.3, -0.25) is 9.11 Å². The van der Waals surface area contributed by atoms with Crippen molar-refractivity contribution in [3.63, 3.8) is 0 Å². The van der Waals surface area contributed by atoms with Crippen molar-refractivity contribution in [2.45, 2.75) is 23.6 Å². The van der Waals surface area contributed by atoms with Gasteiger partial charge in [0.1, 0.15) is 9.79 Å². The molecular weight excluding hydrogens is 582 g/mol. The van der Waals surface area contributed by atoms with Gasteiger partial charge in [-0.05, 0) is 94.4 Å². The van der Waals surface area contributed by atoms with Crippen LogP contribution in [0, 0.1) is 21.0 Å². The van der Waals surface area contributed by atoms with E-state index in [0.29, 0.717) is 18.3 Å². The Labute approximate surface area is 167 Å². The fourth-order valence-electron chi connectivity index (χ4n) is 2.17. The van der Waals surface area contributed by atoms with E-state index in [-0.39, 0.29) is 11.1 Å². The Balaban J connectivity index is 3.02. The molecule has 0 aromatic heterocycles. The zero-order valence-corrected chi connectivity index (χ0v) is 18.4. The normalized spacial score (nSPS) is 12.4. The van der Waals surface area contributed by atoms with Crippen molar-refractivity contribution in [1.82, 2.24) is 0 Å². The van der Waals surface area contributed by atoms with Crippen molar-refractivity contribution in [3.05, 3.63) is 42.5 Å². The van der Waals surface area contributed by atoms with E-state index in [1.807, 2.05) is 45.2 Å². The summed E-state index contributed by atoms with van der Waals surface area (Å²) in [6.07, 6.45) is 0. The number of rotatable bonds is 3. The standard InChI is InChI=1S/C14H12I2O6S2/c1-7-3-9(13(5-11(7)15)23(17,18)19)10-4-8(2)12(16)6-14(10)24(20,21)22/h3-6H,1-2H3,(H,17,18,19)(H,20,21,22). The van der Waals surface area contributed by atoms with Gasteiger partial charge in [0.25, 0.3) is 20.2 Å². The third-order valence-electron chi connectivity index (χ3n) is 3.37. The molecular formula is C14H12I2O6S2. The zero-order chi connectivity index (χ0) is 18.4. The van der Waals surface area contributed by atoms with Gasteiger partial charge in [0, 0.05) is 18.3 Å². The highest BCUT2D eigenvalue weighted by Crippen LogP contribution is 2.36. The van der Waals surface area contributed by atoms with Crippen LogP contribution in [-0.2, 0) is 20.2 Å². The summed E-state index contributed by atoms with van der Waals surface area (Å²) in [6.45, 7) is 3.46. The second-order valence-corrected chi connectivity index (χ2v) is 10.2. The molecule has 2 aromatic carbocycles. The molecule has 24 heavy (non-hydrogen) atoms. The quantitative estimate of drug-likeness (QED) is 0.415. The van der Waals surface area contributed by atoms with Gasteiger partial charge in [-0.15, -0.1) is 0 Å². The Bertz CT molecular complexity index is 958. The molecule has 0 fully saturated rings. The van der Waals surface area contributed by atoms with Crippen LogP contribution < -0.4 is 0 Å². The average Bonchev–Trinajstić information content (AvgIpc) is 2.41. The number of hydrogen-bond donors (Lipinski definition) is 2. The molecule has 2 rings (SSSR count). The molecule has 6 nitrogen and oxygen atoms in total. The fraction of sp³-hybridized carbons (Fsp3) is 0.143. The van der Waals surface area contributed by atoms with E-state index in [1.165, 1.54) is 24.3 Å². The third kappa shape index (κ3) is 4.09. The highest BCUT2D eigenvalue weighted by Gasteiger charge is 2.25. The highest BCUT2D eigenvalue weighted by molar-refractivity contribution is 14.1. The van der Waals surface area contributed by atoms with Crippen LogP contribution in [0.3, 0.4) is 0 Å². The number of halogens is 2. The minimum atomic E-state index is -4.59. The van der Waals surface area contributed by atoms with Gasteiger partial charge in [-0.1, -0.05) is 0 Å². The van der Waals surface area contributed by atoms with Gasteiger partial charge in [-0.2, -0.15) is 16.8 Å². The summed E-state index contributed by atoms with van der Waals surface area (Å²) in [5.74, 6) is 0. The molecule has 0 heterocycles. The first-order valence-electron chi connectivity index (χ1n) is 6.38. The molecule has 0 bridgehead atoms. The lowest BCUT2D eigenvalue weighted by Crippen LogP contribution is -2.07. The van der Waals surface area contributed by atoms with Gasteiger partial charge in [-0.25, -0.2) is 0 Å². The van der Waals surface area contributed by atoms with E-state index >= 15 is 0 Å². The van der Waals surface area contributed by atoms with E-state index in [9.17, 15) is 25.9 Å². The van der Waals surface area contributed by atoms with Crippen LogP contribution in [0.4, 0.5) is 0 Å². The Kier molecular flexibility index (Phi) is 5.67. The van der Waals surface area contributed by atoms with Crippen molar-refractivity contribution >= 4 is 65.4 Å². The topological polar surface area (TPSA) is 109 Å². The van der Waals surface area contributed by atoms with E-state index in [1.54, 1.807) is 13.8 Å². The van der Waals surface area contributed by atoms with Crippen LogP contribution >= 0.6 is 45.2 Å². The van der Waals surface area contributed by atoms with Crippen LogP contribution in [0.15, 0.2) is 34.1 Å². The Hall–Kier alpha value is -0.280. The maximum absolute atomic E-state index is 11.7. The van der Waals surface area contributed by atoms with E-state index < -0.39 is 30.0 Å². The molecule has 0 saturated heterocycles. The first-order valence-corrected chi connectivity index (χ1v) is 11.4. The molecule has 0 aliphatic carbocycles. The van der Waals surface area contributed by atoms with Gasteiger partial charge < -0.3 is 0 Å². The Morgan fingerprint density at radius 2 is 1.00 bits per heavy atom. The SMILES string of the molecule is Cc1cc(-c2cc(C)c(I)cc2S(=O)(=O)O)c(S(=O)(=O)O)cc1I. The lowest BCUT2D eigenvalue weighted by molar-refractivity contribution is 0.480. The summed E-state index contributed by atoms with van der Waals surface area (Å²) < 4.78 is 67.2. The van der Waals surface area contributed by atoms with Crippen molar-refractivity contribution in [2.75, 3.05) is 0 Å². The van der Waals surface area contributed by atoms with Gasteiger partial charge in [0.15, 0.2) is 0 Å². The van der Waals surface area contributed by atoms with Crippen LogP contribution in [0.5, 0.6) is 0 Å². The second kappa shape index (κ2) is 6.79. The molecule has 10 heteroatoms. The Morgan fingerprint density at radius 3 is 1.25 bits per heavy atom. The summed E-state index contributed by atoms with van der Waals surface area (Å²) in [6, 6.07) is 5.48. The Morgan fingerprint density at radius 1 is 0.708 bits per heavy atom. The molecule has 0 aliphatic heterocycles. The highest BCUT2D eigenvalue weighted by atomic mass is 127. The molecule has 2 N–H and O–H groups in total. The van der Waals surface area contributed by atoms with Crippen molar-refractivity contribution in [1.29, 1.82) is 0 Å². The van der Waals surface area contributed by atoms with Gasteiger partial charge >= 0.3 is 0 Å². The average molecular weight is 594 g/mol. The molecule has 0 saturated carbocycles. The third-order valence-corrected chi connectivity index (χ3v) is 7.48. The molecule has 0 unspecified atom stereocenters. The molecule has 2 aromatic rings. The summed E-state index contributed by atoms with van der Waals surface area (Å²) in [4.78, 5) is -0.828. The summed E-state index contributed by atoms with van der Waals surface area (Å²) >= 11 is 3.84. The van der Waals surface area contributed by atoms with Crippen molar-refractivity contribution in [2.24, 2.45) is 0 Å². The predicted octanol–water partition coefficient (Wildman–Crippen LogP) is 3.67. The predicted molar refractivity (Wildman–Crippen MR) is 106 cm³/mol. The maximum Gasteiger partial charge on any atom is 0.295 e. The smallest absolute Gasteiger partial charge is 0.282 e. The molecule has 0 atom stereocenters. The lowest BCUT2D eigenvalue weighted by Gasteiger charge is -2.15. The van der Waals surface area contributed by atoms with Crippen LogP contribution in [0.25, 0.3) is 11.1 Å². The fourth-order valence-corrected chi connectivity index (χ4v) is 4.96. The monoisotopic (exact) mass is 594 g/mol. The summed E-state index contributed by atoms with van der Waals surface area (Å²) in [5.41, 5.74) is 1.44. The molecule has 130 valence electrons. The second-order valence-electron chi connectivity index (χ2n) is 5.15. The van der Waals surface area contributed by atoms with Crippen LogP contribution in [0.1, 0.15) is 11.1 Å². The first-order chi connectivity index (χ1) is 10.8. The van der Waals surface area contributed by atoms with Gasteiger partial charge in [0.05, 0.1) is 0 Å². The molecule has 0 amide bonds. The van der Waals surface area contributed by atoms with E-state index in [2.05, 4.69) is 0 Å². The largest absolute Gasteiger partial charge is 0.295 e. The summed E-state index contributed by atoms with van der Waals surface area (Å²) in [7, 11) is -9.18. The van der Waals surface area contributed by atoms with E-state index in [0.717, 1.165) is 0 Å². The molecule has 0 aliphatic rings. The zero-order valence-electron chi connectivity index (χ0n) is 12.4. The summed E-state index contributed by atoms with van der Waals surface area (Å²) in [5, 5.41) is 0. The van der Waals surface area contributed by atoms with Crippen LogP contribution in [0.2, 0.25) is 0 Å².